The summed E-state index contributed by atoms with van der Waals surface area (Å²) in [7, 11) is 0. The summed E-state index contributed by atoms with van der Waals surface area (Å²) in [5.41, 5.74) is 1.09. The Morgan fingerprint density at radius 3 is 2.57 bits per heavy atom. The van der Waals surface area contributed by atoms with Crippen LogP contribution in [-0.4, -0.2) is 59.2 Å². The van der Waals surface area contributed by atoms with Crippen LogP contribution in [0.5, 0.6) is 0 Å². The van der Waals surface area contributed by atoms with Crippen LogP contribution < -0.4 is 33.5 Å². The van der Waals surface area contributed by atoms with Gasteiger partial charge in [-0.05, 0) is 25.3 Å². The summed E-state index contributed by atoms with van der Waals surface area (Å²) in [5.74, 6) is 16.0. The molecule has 3 aliphatic heterocycles. The number of aliphatic imine (C=N–C) groups is 1. The minimum absolute atomic E-state index is 0.0179. The maximum absolute atomic E-state index is 13.1. The first kappa shape index (κ1) is 24.9. The van der Waals surface area contributed by atoms with E-state index >= 15 is 0 Å². The molecule has 1 amide bonds. The van der Waals surface area contributed by atoms with Crippen LogP contribution in [0.2, 0.25) is 0 Å². The Kier molecular flexibility index (Phi) is 7.57. The van der Waals surface area contributed by atoms with Crippen molar-refractivity contribution in [2.45, 2.75) is 43.7 Å². The molecular weight excluding hydrogens is 474 g/mol. The molecule has 2 fully saturated rings. The highest BCUT2D eigenvalue weighted by atomic mass is 35.5. The van der Waals surface area contributed by atoms with Gasteiger partial charge in [-0.1, -0.05) is 52.4 Å². The molecule has 3 atom stereocenters. The lowest BCUT2D eigenvalue weighted by Gasteiger charge is -2.42. The van der Waals surface area contributed by atoms with Gasteiger partial charge in [-0.15, -0.1) is 10.2 Å². The van der Waals surface area contributed by atoms with Crippen LogP contribution in [0.4, 0.5) is 0 Å². The highest BCUT2D eigenvalue weighted by Gasteiger charge is 2.46. The first-order valence-electron chi connectivity index (χ1n) is 11.2. The number of amides is 1. The van der Waals surface area contributed by atoms with E-state index in [-0.39, 0.29) is 22.4 Å². The molecule has 3 unspecified atom stereocenters. The minimum atomic E-state index is -1.06. The predicted octanol–water partition coefficient (Wildman–Crippen LogP) is 0.148. The van der Waals surface area contributed by atoms with Crippen LogP contribution in [0.15, 0.2) is 67.0 Å². The Labute approximate surface area is 207 Å². The normalized spacial score (nSPS) is 26.3. The molecule has 14 nitrogen and oxygen atoms in total. The number of hydrogen-bond acceptors (Lipinski definition) is 11. The zero-order valence-corrected chi connectivity index (χ0v) is 20.1. The topological polar surface area (TPSA) is 200 Å². The standard InChI is InChI=1S/C20H30ClN13O/c1-12(13-5-3-2-4-6-13)33-9-7-20(8-10-33)11-34(24)19(28-20)27-18(35)14-16(29-31-22)26-17(30-32-23)15(21)25-14/h2-6,12,14,19,25,28H,7-11,24H2,1H3,(H2,23,30)(H,27,35)(H2,22,26,29). The number of carbonyl (C=O) groups excluding carboxylic acids is 1. The van der Waals surface area contributed by atoms with Crippen molar-refractivity contribution in [3.8, 4) is 0 Å². The third-order valence-electron chi connectivity index (χ3n) is 6.64. The molecule has 1 aromatic rings. The number of nitrogens with zero attached hydrogens (tertiary/aromatic N) is 7. The van der Waals surface area contributed by atoms with E-state index in [1.165, 1.54) is 5.56 Å². The van der Waals surface area contributed by atoms with E-state index in [9.17, 15) is 4.79 Å². The summed E-state index contributed by atoms with van der Waals surface area (Å²) in [6.45, 7) is 4.64. The lowest BCUT2D eigenvalue weighted by atomic mass is 9.87. The van der Waals surface area contributed by atoms with Gasteiger partial charge in [-0.2, -0.15) is 0 Å². The second kappa shape index (κ2) is 10.6. The van der Waals surface area contributed by atoms with Gasteiger partial charge in [-0.25, -0.2) is 10.0 Å². The predicted molar refractivity (Wildman–Crippen MR) is 130 cm³/mol. The molecule has 0 aliphatic carbocycles. The molecule has 0 aromatic heterocycles. The molecule has 1 spiro atoms. The van der Waals surface area contributed by atoms with Gasteiger partial charge in [0.25, 0.3) is 5.91 Å². The smallest absolute Gasteiger partial charge is 0.252 e. The van der Waals surface area contributed by atoms with Crippen LogP contribution >= 0.6 is 11.6 Å². The number of amidine groups is 1. The quantitative estimate of drug-likeness (QED) is 0.141. The summed E-state index contributed by atoms with van der Waals surface area (Å²) < 4.78 is 0. The SMILES string of the molecule is CC(c1ccccc1)N1CCC2(CC1)CN(N)C(NC(=O)C1NC(Cl)=C(N=NN)N=C1N=NN)N2. The average molecular weight is 504 g/mol. The first-order chi connectivity index (χ1) is 16.9. The Morgan fingerprint density at radius 1 is 1.23 bits per heavy atom. The lowest BCUT2D eigenvalue weighted by Crippen LogP contribution is -2.60. The van der Waals surface area contributed by atoms with Gasteiger partial charge in [0.05, 0.1) is 0 Å². The number of piperidine rings is 1. The largest absolute Gasteiger partial charge is 0.355 e. The molecule has 188 valence electrons. The fraction of sp³-hybridized carbons (Fsp3) is 0.500. The van der Waals surface area contributed by atoms with Crippen LogP contribution in [0.1, 0.15) is 31.4 Å². The maximum Gasteiger partial charge on any atom is 0.252 e. The molecule has 0 bridgehead atoms. The Balaban J connectivity index is 1.38. The molecule has 2 saturated heterocycles. The van der Waals surface area contributed by atoms with Crippen molar-refractivity contribution in [3.05, 3.63) is 46.9 Å². The molecule has 35 heavy (non-hydrogen) atoms. The van der Waals surface area contributed by atoms with Crippen LogP contribution in [0.3, 0.4) is 0 Å². The van der Waals surface area contributed by atoms with Crippen LogP contribution in [0.25, 0.3) is 0 Å². The van der Waals surface area contributed by atoms with Gasteiger partial charge < -0.3 is 22.3 Å². The molecule has 9 N–H and O–H groups in total. The molecule has 0 radical (unpaired) electrons. The maximum atomic E-state index is 13.1. The van der Waals surface area contributed by atoms with Crippen LogP contribution in [0, 0.1) is 0 Å². The Bertz CT molecular complexity index is 1030. The first-order valence-corrected chi connectivity index (χ1v) is 11.6. The number of carbonyl (C=O) groups is 1. The summed E-state index contributed by atoms with van der Waals surface area (Å²) in [5, 5.41) is 24.4. The fourth-order valence-electron chi connectivity index (χ4n) is 4.70. The summed E-state index contributed by atoms with van der Waals surface area (Å²) >= 11 is 6.12. The van der Waals surface area contributed by atoms with Crippen molar-refractivity contribution in [3.63, 3.8) is 0 Å². The molecule has 4 rings (SSSR count). The second-order valence-corrected chi connectivity index (χ2v) is 9.12. The summed E-state index contributed by atoms with van der Waals surface area (Å²) in [6, 6.07) is 9.72. The Morgan fingerprint density at radius 2 is 1.91 bits per heavy atom. The molecule has 3 aliphatic rings. The van der Waals surface area contributed by atoms with Gasteiger partial charge in [-0.3, -0.25) is 20.9 Å². The van der Waals surface area contributed by atoms with E-state index in [1.54, 1.807) is 5.01 Å². The number of nitrogens with one attached hydrogen (secondary N) is 3. The van der Waals surface area contributed by atoms with Crippen molar-refractivity contribution in [1.82, 2.24) is 25.9 Å². The van der Waals surface area contributed by atoms with Crippen LogP contribution in [-0.2, 0) is 4.79 Å². The number of hydrazine groups is 1. The number of hydrogen-bond donors (Lipinski definition) is 6. The van der Waals surface area contributed by atoms with Crippen molar-refractivity contribution >= 4 is 23.3 Å². The Hall–Kier alpha value is -3.17. The van der Waals surface area contributed by atoms with E-state index in [0.29, 0.717) is 12.6 Å². The van der Waals surface area contributed by atoms with E-state index in [4.69, 9.17) is 29.1 Å². The number of benzene rings is 1. The zero-order valence-electron chi connectivity index (χ0n) is 19.3. The third-order valence-corrected chi connectivity index (χ3v) is 6.92. The second-order valence-electron chi connectivity index (χ2n) is 8.75. The van der Waals surface area contributed by atoms with Crippen molar-refractivity contribution in [1.29, 1.82) is 0 Å². The molecule has 3 heterocycles. The van der Waals surface area contributed by atoms with Gasteiger partial charge in [0.1, 0.15) is 6.29 Å². The van der Waals surface area contributed by atoms with Gasteiger partial charge in [0.15, 0.2) is 17.0 Å². The lowest BCUT2D eigenvalue weighted by molar-refractivity contribution is -0.123. The zero-order chi connectivity index (χ0) is 25.0. The number of likely N-dealkylation sites (tertiary alicyclic amines) is 1. The number of halogens is 1. The van der Waals surface area contributed by atoms with Gasteiger partial charge >= 0.3 is 0 Å². The van der Waals surface area contributed by atoms with E-state index in [2.05, 4.69) is 77.7 Å². The van der Waals surface area contributed by atoms with E-state index < -0.39 is 18.2 Å². The average Bonchev–Trinajstić information content (AvgIpc) is 3.15. The van der Waals surface area contributed by atoms with E-state index in [0.717, 1.165) is 25.9 Å². The number of rotatable bonds is 5. The van der Waals surface area contributed by atoms with E-state index in [1.807, 2.05) is 6.07 Å². The minimum Gasteiger partial charge on any atom is -0.355 e. The van der Waals surface area contributed by atoms with Gasteiger partial charge in [0, 0.05) is 31.2 Å². The fourth-order valence-corrected chi connectivity index (χ4v) is 4.89. The number of nitrogens with two attached hydrogens (primary N) is 3. The summed E-state index contributed by atoms with van der Waals surface area (Å²) in [6.07, 6.45) is 1.19. The molecule has 0 saturated carbocycles. The van der Waals surface area contributed by atoms with Crippen molar-refractivity contribution < 1.29 is 4.79 Å². The summed E-state index contributed by atoms with van der Waals surface area (Å²) in [4.78, 5) is 19.6. The monoisotopic (exact) mass is 503 g/mol. The van der Waals surface area contributed by atoms with Crippen molar-refractivity contribution in [2.75, 3.05) is 19.6 Å². The van der Waals surface area contributed by atoms with Gasteiger partial charge in [0.2, 0.25) is 5.82 Å². The molecule has 1 aromatic carbocycles. The van der Waals surface area contributed by atoms with Crippen molar-refractivity contribution in [2.24, 2.45) is 43.2 Å². The molecule has 15 heteroatoms. The highest BCUT2D eigenvalue weighted by molar-refractivity contribution is 6.30. The third kappa shape index (κ3) is 5.41. The highest BCUT2D eigenvalue weighted by Crippen LogP contribution is 2.32. The molecular formula is C20H30ClN13O.